The highest BCUT2D eigenvalue weighted by Gasteiger charge is 1.76. The van der Waals surface area contributed by atoms with Gasteiger partial charge >= 0.3 is 0 Å². The third kappa shape index (κ3) is 76.5. The lowest BCUT2D eigenvalue weighted by atomic mass is 10.2. The van der Waals surface area contributed by atoms with Crippen molar-refractivity contribution in [1.29, 1.82) is 0 Å². The standard InChI is InChI=1S/C9H18.3C9H16.C2H4/c4*1-3-5-7-9-8-6-4-2;1-2/h7,9H,3-6,8H2,1-2H3;3*5-8H,3-4,9H2,1-2H3;1-2H2/b9-7-;3*7-5+,8-6+;. The predicted molar refractivity (Wildman–Crippen MR) is 185 cm³/mol. The number of rotatable bonds is 17. The minimum atomic E-state index is 1.10. The molecule has 0 aliphatic rings. The molecule has 0 N–H and O–H groups in total. The SMILES string of the molecule is C=C.CC/C=C/C/C=C/CC.CC/C=C/C/C=C/CC.CC/C=C/C/C=C/CC.CCC/C=C\CCCC. The minimum absolute atomic E-state index is 1.10. The molecule has 0 bridgehead atoms. The lowest BCUT2D eigenvalue weighted by Crippen LogP contribution is -1.66. The van der Waals surface area contributed by atoms with Crippen LogP contribution in [0.15, 0.2) is 98.2 Å². The summed E-state index contributed by atoms with van der Waals surface area (Å²) in [5, 5.41) is 0. The van der Waals surface area contributed by atoms with Gasteiger partial charge in [0, 0.05) is 0 Å². The summed E-state index contributed by atoms with van der Waals surface area (Å²) in [4.78, 5) is 0. The van der Waals surface area contributed by atoms with Gasteiger partial charge in [0.1, 0.15) is 0 Å². The van der Waals surface area contributed by atoms with E-state index < -0.39 is 0 Å². The van der Waals surface area contributed by atoms with Crippen molar-refractivity contribution in [2.24, 2.45) is 0 Å². The molecule has 0 rings (SSSR count). The number of unbranched alkanes of at least 4 members (excludes halogenated alkanes) is 3. The van der Waals surface area contributed by atoms with Crippen molar-refractivity contribution in [3.8, 4) is 0 Å². The zero-order valence-electron chi connectivity index (χ0n) is 27.4. The van der Waals surface area contributed by atoms with Crippen LogP contribution in [-0.4, -0.2) is 0 Å². The third-order valence-corrected chi connectivity index (χ3v) is 4.58. The molecular weight excluding hydrogens is 456 g/mol. The Bertz CT molecular complexity index is 439. The first-order valence-electron chi connectivity index (χ1n) is 15.7. The zero-order valence-corrected chi connectivity index (χ0v) is 27.4. The molecule has 0 heteroatoms. The average Bonchev–Trinajstić information content (AvgIpc) is 2.95. The molecule has 0 saturated heterocycles. The summed E-state index contributed by atoms with van der Waals surface area (Å²) in [6.07, 6.45) is 47.6. The monoisotopic (exact) mass is 527 g/mol. The second kappa shape index (κ2) is 59.8. The van der Waals surface area contributed by atoms with E-state index in [9.17, 15) is 0 Å². The minimum Gasteiger partial charge on any atom is -0.106 e. The van der Waals surface area contributed by atoms with E-state index in [4.69, 9.17) is 0 Å². The van der Waals surface area contributed by atoms with E-state index in [1.807, 2.05) is 0 Å². The quantitative estimate of drug-likeness (QED) is 0.130. The maximum absolute atomic E-state index is 3.00. The van der Waals surface area contributed by atoms with Crippen LogP contribution in [0.25, 0.3) is 0 Å². The molecule has 0 fully saturated rings. The Kier molecular flexibility index (Phi) is 72.1. The molecule has 0 aliphatic carbocycles. The summed E-state index contributed by atoms with van der Waals surface area (Å²) >= 11 is 0. The second-order valence-corrected chi connectivity index (χ2v) is 8.39. The summed E-state index contributed by atoms with van der Waals surface area (Å²) in [6.45, 7) is 23.4. The van der Waals surface area contributed by atoms with Crippen molar-refractivity contribution in [3.05, 3.63) is 98.2 Å². The van der Waals surface area contributed by atoms with Crippen molar-refractivity contribution in [2.75, 3.05) is 0 Å². The lowest BCUT2D eigenvalue weighted by Gasteiger charge is -1.87. The number of allylic oxidation sites excluding steroid dienone is 14. The Morgan fingerprint density at radius 1 is 0.316 bits per heavy atom. The van der Waals surface area contributed by atoms with Crippen LogP contribution < -0.4 is 0 Å². The number of hydrogen-bond donors (Lipinski definition) is 0. The molecule has 0 heterocycles. The Morgan fingerprint density at radius 2 is 0.579 bits per heavy atom. The Hall–Kier alpha value is -2.08. The van der Waals surface area contributed by atoms with Gasteiger partial charge < -0.3 is 0 Å². The highest BCUT2D eigenvalue weighted by Crippen LogP contribution is 1.97. The molecule has 222 valence electrons. The fourth-order valence-electron chi connectivity index (χ4n) is 2.54. The third-order valence-electron chi connectivity index (χ3n) is 4.58. The summed E-state index contributed by atoms with van der Waals surface area (Å²) < 4.78 is 0. The van der Waals surface area contributed by atoms with Gasteiger partial charge in [-0.1, -0.05) is 160 Å². The summed E-state index contributed by atoms with van der Waals surface area (Å²) in [6, 6.07) is 0. The molecule has 0 aromatic heterocycles. The Morgan fingerprint density at radius 3 is 0.789 bits per heavy atom. The summed E-state index contributed by atoms with van der Waals surface area (Å²) in [5.41, 5.74) is 0. The molecule has 0 aromatic rings. The molecule has 0 amide bonds. The van der Waals surface area contributed by atoms with Crippen LogP contribution in [-0.2, 0) is 0 Å². The molecule has 0 aliphatic heterocycles. The molecule has 0 aromatic carbocycles. The van der Waals surface area contributed by atoms with Crippen LogP contribution in [0.3, 0.4) is 0 Å². The van der Waals surface area contributed by atoms with Crippen LogP contribution in [0.5, 0.6) is 0 Å². The lowest BCUT2D eigenvalue weighted by molar-refractivity contribution is 0.810. The van der Waals surface area contributed by atoms with Crippen molar-refractivity contribution < 1.29 is 0 Å². The Labute approximate surface area is 243 Å². The highest BCUT2D eigenvalue weighted by atomic mass is 13.8. The molecular formula is C38H70. The van der Waals surface area contributed by atoms with Crippen molar-refractivity contribution in [1.82, 2.24) is 0 Å². The van der Waals surface area contributed by atoms with Crippen molar-refractivity contribution >= 4 is 0 Å². The van der Waals surface area contributed by atoms with E-state index in [0.717, 1.165) is 57.8 Å². The fraction of sp³-hybridized carbons (Fsp3) is 0.579. The van der Waals surface area contributed by atoms with E-state index in [1.165, 1.54) is 32.1 Å². The topological polar surface area (TPSA) is 0 Å². The molecule has 0 nitrogen and oxygen atoms in total. The largest absolute Gasteiger partial charge is 0.106 e. The summed E-state index contributed by atoms with van der Waals surface area (Å²) in [5.74, 6) is 0. The van der Waals surface area contributed by atoms with E-state index in [2.05, 4.69) is 154 Å². The Balaban J connectivity index is -0.000000124. The molecule has 38 heavy (non-hydrogen) atoms. The maximum Gasteiger partial charge on any atom is -0.0169 e. The first-order valence-corrected chi connectivity index (χ1v) is 15.7. The van der Waals surface area contributed by atoms with Gasteiger partial charge in [-0.3, -0.25) is 0 Å². The molecule has 0 saturated carbocycles. The maximum atomic E-state index is 3.00. The number of hydrogen-bond acceptors (Lipinski definition) is 0. The van der Waals surface area contributed by atoms with E-state index in [1.54, 1.807) is 0 Å². The molecule has 0 radical (unpaired) electrons. The van der Waals surface area contributed by atoms with Crippen LogP contribution >= 0.6 is 0 Å². The van der Waals surface area contributed by atoms with Gasteiger partial charge in [-0.05, 0) is 70.6 Å². The predicted octanol–water partition coefficient (Wildman–Crippen LogP) is 14.3. The van der Waals surface area contributed by atoms with E-state index in [-0.39, 0.29) is 0 Å². The van der Waals surface area contributed by atoms with Gasteiger partial charge in [0.25, 0.3) is 0 Å². The van der Waals surface area contributed by atoms with Gasteiger partial charge in [0.15, 0.2) is 0 Å². The molecule has 0 atom stereocenters. The van der Waals surface area contributed by atoms with Gasteiger partial charge in [0.05, 0.1) is 0 Å². The van der Waals surface area contributed by atoms with Crippen LogP contribution in [0.2, 0.25) is 0 Å². The average molecular weight is 527 g/mol. The first-order chi connectivity index (χ1) is 18.7. The fourth-order valence-corrected chi connectivity index (χ4v) is 2.54. The van der Waals surface area contributed by atoms with Crippen LogP contribution in [0.1, 0.15) is 145 Å². The van der Waals surface area contributed by atoms with Crippen molar-refractivity contribution in [3.63, 3.8) is 0 Å². The van der Waals surface area contributed by atoms with Gasteiger partial charge in [-0.15, -0.1) is 13.2 Å². The van der Waals surface area contributed by atoms with Crippen LogP contribution in [0.4, 0.5) is 0 Å². The van der Waals surface area contributed by atoms with Gasteiger partial charge in [0.2, 0.25) is 0 Å². The summed E-state index contributed by atoms with van der Waals surface area (Å²) in [7, 11) is 0. The van der Waals surface area contributed by atoms with E-state index in [0.29, 0.717) is 0 Å². The zero-order chi connectivity index (χ0) is 29.8. The van der Waals surface area contributed by atoms with Crippen LogP contribution in [0, 0.1) is 0 Å². The highest BCUT2D eigenvalue weighted by molar-refractivity contribution is 4.93. The van der Waals surface area contributed by atoms with Gasteiger partial charge in [-0.2, -0.15) is 0 Å². The molecule has 0 unspecified atom stereocenters. The molecule has 0 spiro atoms. The van der Waals surface area contributed by atoms with Crippen molar-refractivity contribution in [2.45, 2.75) is 145 Å². The van der Waals surface area contributed by atoms with E-state index >= 15 is 0 Å². The van der Waals surface area contributed by atoms with Gasteiger partial charge in [-0.25, -0.2) is 0 Å². The smallest absolute Gasteiger partial charge is 0.0169 e. The first kappa shape index (κ1) is 45.8. The normalized spacial score (nSPS) is 11.1. The second-order valence-electron chi connectivity index (χ2n) is 8.39.